The Morgan fingerprint density at radius 3 is 2.38 bits per heavy atom. The van der Waals surface area contributed by atoms with Crippen molar-refractivity contribution in [3.63, 3.8) is 0 Å². The van der Waals surface area contributed by atoms with Gasteiger partial charge >= 0.3 is 11.7 Å². The van der Waals surface area contributed by atoms with Gasteiger partial charge in [0, 0.05) is 18.4 Å². The Morgan fingerprint density at radius 1 is 1.33 bits per heavy atom. The second kappa shape index (κ2) is 6.85. The summed E-state index contributed by atoms with van der Waals surface area (Å²) in [4.78, 5) is 27.4. The summed E-state index contributed by atoms with van der Waals surface area (Å²) in [6.45, 7) is 7.88. The molecule has 0 aliphatic heterocycles. The molecular weight excluding hydrogens is 272 g/mol. The van der Waals surface area contributed by atoms with Gasteiger partial charge in [0.2, 0.25) is 0 Å². The summed E-state index contributed by atoms with van der Waals surface area (Å²) in [6, 6.07) is 0. The topological polar surface area (TPSA) is 81.4 Å². The number of hydrogen-bond donors (Lipinski definition) is 1. The molecule has 0 aliphatic carbocycles. The summed E-state index contributed by atoms with van der Waals surface area (Å²) in [7, 11) is 1.59. The van der Waals surface area contributed by atoms with Gasteiger partial charge in [-0.05, 0) is 26.7 Å². The number of aliphatic carboxylic acids is 1. The minimum Gasteiger partial charge on any atom is -0.481 e. The Kier molecular flexibility index (Phi) is 5.66. The highest BCUT2D eigenvalue weighted by Gasteiger charge is 2.23. The minimum absolute atomic E-state index is 0.118. The summed E-state index contributed by atoms with van der Waals surface area (Å²) < 4.78 is 6.91. The van der Waals surface area contributed by atoms with Crippen molar-refractivity contribution in [2.75, 3.05) is 7.11 Å². The average Bonchev–Trinajstić information content (AvgIpc) is 2.41. The molecule has 0 amide bonds. The van der Waals surface area contributed by atoms with Crippen molar-refractivity contribution in [1.82, 2.24) is 9.55 Å². The quantitative estimate of drug-likeness (QED) is 0.823. The highest BCUT2D eigenvalue weighted by atomic mass is 16.5. The zero-order chi connectivity index (χ0) is 16.2. The fourth-order valence-corrected chi connectivity index (χ4v) is 2.35. The van der Waals surface area contributed by atoms with Crippen molar-refractivity contribution >= 4 is 5.97 Å². The molecule has 0 fully saturated rings. The Morgan fingerprint density at radius 2 is 1.95 bits per heavy atom. The number of carboxylic acids is 1. The first-order chi connectivity index (χ1) is 9.75. The number of nitrogens with zero attached hydrogens (tertiary/aromatic N) is 2. The Bertz CT molecular complexity index is 576. The first-order valence-corrected chi connectivity index (χ1v) is 7.14. The van der Waals surface area contributed by atoms with E-state index in [1.54, 1.807) is 11.7 Å². The van der Waals surface area contributed by atoms with E-state index in [1.165, 1.54) is 0 Å². The molecule has 0 saturated heterocycles. The highest BCUT2D eigenvalue weighted by molar-refractivity contribution is 5.71. The van der Waals surface area contributed by atoms with E-state index in [-0.39, 0.29) is 12.1 Å². The van der Waals surface area contributed by atoms with Crippen LogP contribution in [-0.4, -0.2) is 33.3 Å². The Labute approximate surface area is 124 Å². The van der Waals surface area contributed by atoms with Gasteiger partial charge in [-0.2, -0.15) is 4.98 Å². The third kappa shape index (κ3) is 4.14. The van der Waals surface area contributed by atoms with Gasteiger partial charge < -0.3 is 9.84 Å². The minimum atomic E-state index is -0.919. The summed E-state index contributed by atoms with van der Waals surface area (Å²) >= 11 is 0. The summed E-state index contributed by atoms with van der Waals surface area (Å²) in [5.41, 5.74) is 1.09. The van der Waals surface area contributed by atoms with E-state index in [2.05, 4.69) is 4.98 Å². The predicted octanol–water partition coefficient (Wildman–Crippen LogP) is 1.42. The predicted molar refractivity (Wildman–Crippen MR) is 79.7 cm³/mol. The molecular formula is C15H24N2O4. The summed E-state index contributed by atoms with van der Waals surface area (Å²) in [6.07, 6.45) is 1.000. The number of hydrogen-bond acceptors (Lipinski definition) is 4. The van der Waals surface area contributed by atoms with E-state index >= 15 is 0 Å². The molecule has 0 aliphatic rings. The molecule has 0 unspecified atom stereocenters. The maximum Gasteiger partial charge on any atom is 0.348 e. The van der Waals surface area contributed by atoms with Crippen molar-refractivity contribution in [3.8, 4) is 0 Å². The lowest BCUT2D eigenvalue weighted by Gasteiger charge is -2.26. The average molecular weight is 296 g/mol. The van der Waals surface area contributed by atoms with Crippen LogP contribution in [-0.2, 0) is 35.3 Å². The number of carboxylic acid groups (broad SMARTS) is 1. The fraction of sp³-hybridized carbons (Fsp3) is 0.667. The van der Waals surface area contributed by atoms with E-state index in [1.807, 2.05) is 27.7 Å². The van der Waals surface area contributed by atoms with E-state index in [0.29, 0.717) is 30.6 Å². The van der Waals surface area contributed by atoms with Crippen LogP contribution >= 0.6 is 0 Å². The highest BCUT2D eigenvalue weighted by Crippen LogP contribution is 2.17. The van der Waals surface area contributed by atoms with Crippen LogP contribution in [0.15, 0.2) is 4.79 Å². The fourth-order valence-electron chi connectivity index (χ4n) is 2.35. The van der Waals surface area contributed by atoms with Gasteiger partial charge in [0.25, 0.3) is 0 Å². The third-order valence-electron chi connectivity index (χ3n) is 3.57. The van der Waals surface area contributed by atoms with Crippen LogP contribution < -0.4 is 5.69 Å². The lowest BCUT2D eigenvalue weighted by atomic mass is 10.0. The molecule has 0 saturated carbocycles. The van der Waals surface area contributed by atoms with Crippen LogP contribution in [0, 0.1) is 0 Å². The van der Waals surface area contributed by atoms with Crippen molar-refractivity contribution in [3.05, 3.63) is 27.4 Å². The molecule has 1 N–H and O–H groups in total. The number of methoxy groups -OCH3 is 1. The van der Waals surface area contributed by atoms with Crippen molar-refractivity contribution in [1.29, 1.82) is 0 Å². The van der Waals surface area contributed by atoms with Crippen molar-refractivity contribution in [2.24, 2.45) is 0 Å². The molecule has 1 heterocycles. The molecule has 0 bridgehead atoms. The van der Waals surface area contributed by atoms with Gasteiger partial charge in [0.1, 0.15) is 0 Å². The number of aryl methyl sites for hydroxylation is 1. The SMILES string of the molecule is CCc1nc(=O)n(CC(C)(C)OC)c(CC)c1CC(=O)O. The van der Waals surface area contributed by atoms with Crippen LogP contribution in [0.1, 0.15) is 44.6 Å². The monoisotopic (exact) mass is 296 g/mol. The summed E-state index contributed by atoms with van der Waals surface area (Å²) in [5, 5.41) is 9.11. The molecule has 0 radical (unpaired) electrons. The first-order valence-electron chi connectivity index (χ1n) is 7.14. The van der Waals surface area contributed by atoms with Crippen LogP contribution in [0.4, 0.5) is 0 Å². The Balaban J connectivity index is 3.50. The van der Waals surface area contributed by atoms with E-state index < -0.39 is 11.6 Å². The van der Waals surface area contributed by atoms with Gasteiger partial charge in [-0.15, -0.1) is 0 Å². The van der Waals surface area contributed by atoms with Crippen LogP contribution in [0.25, 0.3) is 0 Å². The van der Waals surface area contributed by atoms with Gasteiger partial charge in [-0.25, -0.2) is 4.79 Å². The van der Waals surface area contributed by atoms with Gasteiger partial charge in [0.15, 0.2) is 0 Å². The van der Waals surface area contributed by atoms with Crippen molar-refractivity contribution in [2.45, 2.75) is 59.1 Å². The molecule has 1 aromatic heterocycles. The molecule has 118 valence electrons. The first kappa shape index (κ1) is 17.4. The van der Waals surface area contributed by atoms with E-state index in [0.717, 1.165) is 5.69 Å². The van der Waals surface area contributed by atoms with Gasteiger partial charge in [0.05, 0.1) is 24.3 Å². The molecule has 1 aromatic rings. The van der Waals surface area contributed by atoms with Crippen molar-refractivity contribution < 1.29 is 14.6 Å². The van der Waals surface area contributed by atoms with Crippen LogP contribution in [0.5, 0.6) is 0 Å². The number of aromatic nitrogens is 2. The molecule has 6 nitrogen and oxygen atoms in total. The zero-order valence-electron chi connectivity index (χ0n) is 13.4. The van der Waals surface area contributed by atoms with Gasteiger partial charge in [-0.1, -0.05) is 13.8 Å². The number of rotatable bonds is 7. The Hall–Kier alpha value is -1.69. The maximum atomic E-state index is 12.3. The number of carbonyl (C=O) groups is 1. The number of ether oxygens (including phenoxy) is 1. The van der Waals surface area contributed by atoms with E-state index in [4.69, 9.17) is 9.84 Å². The lowest BCUT2D eigenvalue weighted by molar-refractivity contribution is -0.136. The summed E-state index contributed by atoms with van der Waals surface area (Å²) in [5.74, 6) is -0.919. The molecule has 6 heteroatoms. The van der Waals surface area contributed by atoms with Crippen LogP contribution in [0.2, 0.25) is 0 Å². The molecule has 1 rings (SSSR count). The molecule has 21 heavy (non-hydrogen) atoms. The largest absolute Gasteiger partial charge is 0.481 e. The maximum absolute atomic E-state index is 12.3. The zero-order valence-corrected chi connectivity index (χ0v) is 13.4. The lowest BCUT2D eigenvalue weighted by Crippen LogP contribution is -2.38. The van der Waals surface area contributed by atoms with Crippen LogP contribution in [0.3, 0.4) is 0 Å². The van der Waals surface area contributed by atoms with Gasteiger partial charge in [-0.3, -0.25) is 9.36 Å². The smallest absolute Gasteiger partial charge is 0.348 e. The molecule has 0 spiro atoms. The second-order valence-electron chi connectivity index (χ2n) is 5.59. The van der Waals surface area contributed by atoms with E-state index in [9.17, 15) is 9.59 Å². The molecule has 0 aromatic carbocycles. The third-order valence-corrected chi connectivity index (χ3v) is 3.57. The second-order valence-corrected chi connectivity index (χ2v) is 5.59. The normalized spacial score (nSPS) is 11.7. The standard InChI is InChI=1S/C15H24N2O4/c1-6-11-10(8-13(18)19)12(7-2)17(14(20)16-11)9-15(3,4)21-5/h6-9H2,1-5H3,(H,18,19). The molecule has 0 atom stereocenters.